The summed E-state index contributed by atoms with van der Waals surface area (Å²) in [5.74, 6) is -0.274. The van der Waals surface area contributed by atoms with Gasteiger partial charge in [-0.25, -0.2) is 13.2 Å². The van der Waals surface area contributed by atoms with Crippen molar-refractivity contribution in [1.82, 2.24) is 0 Å². The molecule has 0 bridgehead atoms. The first-order chi connectivity index (χ1) is 5.04. The second-order valence-electron chi connectivity index (χ2n) is 1.67. The largest absolute Gasteiger partial charge is 0.448 e. The zero-order valence-corrected chi connectivity index (χ0v) is 6.85. The van der Waals surface area contributed by atoms with Crippen molar-refractivity contribution in [3.05, 3.63) is 0 Å². The molecule has 0 radical (unpaired) electrons. The fourth-order valence-corrected chi connectivity index (χ4v) is 0.801. The number of sulfone groups is 1. The normalized spacial score (nSPS) is 10.6. The molecule has 0 heterocycles. The van der Waals surface area contributed by atoms with Crippen molar-refractivity contribution >= 4 is 21.4 Å². The van der Waals surface area contributed by atoms with Gasteiger partial charge in [-0.1, -0.05) is 6.92 Å². The fourth-order valence-electron chi connectivity index (χ4n) is 0.317. The van der Waals surface area contributed by atoms with Gasteiger partial charge in [-0.3, -0.25) is 0 Å². The van der Waals surface area contributed by atoms with Gasteiger partial charge in [0.15, 0.2) is 0 Å². The number of carbonyl (C=O) groups excluding carboxylic acids is 1. The molecule has 0 aliphatic heterocycles. The van der Waals surface area contributed by atoms with Crippen molar-refractivity contribution in [2.45, 2.75) is 6.92 Å². The van der Waals surface area contributed by atoms with Gasteiger partial charge in [0.05, 0.1) is 5.75 Å². The maximum atomic E-state index is 10.7. The molecular weight excluding hydrogens is 170 g/mol. The Morgan fingerprint density at radius 1 is 1.64 bits per heavy atom. The van der Waals surface area contributed by atoms with Crippen LogP contribution in [0.2, 0.25) is 0 Å². The molecule has 0 aromatic rings. The molecule has 0 spiro atoms. The van der Waals surface area contributed by atoms with Crippen LogP contribution in [0.15, 0.2) is 0 Å². The number of hydrogen-bond acceptors (Lipinski definition) is 5. The minimum atomic E-state index is -3.73. The average molecular weight is 179 g/mol. The zero-order chi connectivity index (χ0) is 8.91. The summed E-state index contributed by atoms with van der Waals surface area (Å²) in [4.78, 5) is 10.5. The molecule has 0 unspecified atom stereocenters. The van der Waals surface area contributed by atoms with Gasteiger partial charge in [0.2, 0.25) is 9.84 Å². The van der Waals surface area contributed by atoms with Crippen molar-refractivity contribution in [2.24, 2.45) is 0 Å². The average Bonchev–Trinajstić information content (AvgIpc) is 2.00. The number of rotatable bonds is 3. The number of ether oxygens (including phenoxy) is 1. The summed E-state index contributed by atoms with van der Waals surface area (Å²) in [6.07, 6.45) is 0.809. The number of hydrogen-bond donors (Lipinski definition) is 1. The topological polar surface area (TPSA) is 84.3 Å². The maximum Gasteiger partial charge on any atom is 0.425 e. The first-order valence-corrected chi connectivity index (χ1v) is 4.58. The molecule has 0 saturated carbocycles. The van der Waals surface area contributed by atoms with Gasteiger partial charge in [0, 0.05) is 6.21 Å². The predicted octanol–water partition coefficient (Wildman–Crippen LogP) is 0.207. The lowest BCUT2D eigenvalue weighted by molar-refractivity contribution is 0.189. The minimum absolute atomic E-state index is 0.274. The van der Waals surface area contributed by atoms with Gasteiger partial charge in [0.25, 0.3) is 0 Å². The molecule has 6 heteroatoms. The highest BCUT2D eigenvalue weighted by atomic mass is 32.2. The Morgan fingerprint density at radius 3 is 2.55 bits per heavy atom. The van der Waals surface area contributed by atoms with E-state index in [2.05, 4.69) is 4.74 Å². The van der Waals surface area contributed by atoms with Crippen LogP contribution in [0, 0.1) is 5.41 Å². The SMILES string of the molecule is CCS(=O)(=O)C(=O)OCC=N. The highest BCUT2D eigenvalue weighted by Gasteiger charge is 2.20. The van der Waals surface area contributed by atoms with E-state index in [1.165, 1.54) is 6.92 Å². The van der Waals surface area contributed by atoms with Gasteiger partial charge in [-0.05, 0) is 0 Å². The fraction of sp³-hybridized carbons (Fsp3) is 0.600. The first kappa shape index (κ1) is 10.1. The van der Waals surface area contributed by atoms with Crippen LogP contribution in [-0.4, -0.2) is 32.3 Å². The Bertz CT molecular complexity index is 243. The summed E-state index contributed by atoms with van der Waals surface area (Å²) in [5.41, 5.74) is 0. The lowest BCUT2D eigenvalue weighted by atomic mass is 10.8. The summed E-state index contributed by atoms with van der Waals surface area (Å²) in [5, 5.41) is 5.20. The van der Waals surface area contributed by atoms with Gasteiger partial charge >= 0.3 is 5.30 Å². The molecule has 64 valence electrons. The van der Waals surface area contributed by atoms with Crippen LogP contribution in [0.3, 0.4) is 0 Å². The molecule has 0 amide bonds. The smallest absolute Gasteiger partial charge is 0.425 e. The molecule has 0 saturated heterocycles. The lowest BCUT2D eigenvalue weighted by Gasteiger charge is -1.98. The summed E-state index contributed by atoms with van der Waals surface area (Å²) in [6.45, 7) is 1.05. The summed E-state index contributed by atoms with van der Waals surface area (Å²) in [6, 6.07) is 0. The predicted molar refractivity (Wildman–Crippen MR) is 39.6 cm³/mol. The summed E-state index contributed by atoms with van der Waals surface area (Å²) < 4.78 is 25.5. The number of carbonyl (C=O) groups is 1. The highest BCUT2D eigenvalue weighted by molar-refractivity contribution is 8.05. The van der Waals surface area contributed by atoms with E-state index >= 15 is 0 Å². The highest BCUT2D eigenvalue weighted by Crippen LogP contribution is 1.94. The van der Waals surface area contributed by atoms with E-state index in [0.717, 1.165) is 6.21 Å². The Kier molecular flexibility index (Phi) is 3.73. The van der Waals surface area contributed by atoms with Crippen molar-refractivity contribution in [3.63, 3.8) is 0 Å². The first-order valence-electron chi connectivity index (χ1n) is 2.93. The molecular formula is C5H9NO4S. The Morgan fingerprint density at radius 2 is 2.18 bits per heavy atom. The van der Waals surface area contributed by atoms with Gasteiger partial charge in [-0.2, -0.15) is 0 Å². The Hall–Kier alpha value is -0.910. The quantitative estimate of drug-likeness (QED) is 0.495. The van der Waals surface area contributed by atoms with Crippen LogP contribution in [0.1, 0.15) is 6.92 Å². The lowest BCUT2D eigenvalue weighted by Crippen LogP contribution is -2.18. The third-order valence-corrected chi connectivity index (χ3v) is 2.30. The van der Waals surface area contributed by atoms with E-state index < -0.39 is 15.1 Å². The van der Waals surface area contributed by atoms with Crippen molar-refractivity contribution < 1.29 is 17.9 Å². The van der Waals surface area contributed by atoms with Crippen LogP contribution < -0.4 is 0 Å². The Balaban J connectivity index is 4.15. The van der Waals surface area contributed by atoms with Crippen LogP contribution in [0.4, 0.5) is 4.79 Å². The molecule has 0 fully saturated rings. The molecule has 11 heavy (non-hydrogen) atoms. The molecule has 0 aromatic heterocycles. The second-order valence-corrected chi connectivity index (χ2v) is 3.81. The third kappa shape index (κ3) is 3.13. The van der Waals surface area contributed by atoms with Crippen LogP contribution in [0.25, 0.3) is 0 Å². The molecule has 1 N–H and O–H groups in total. The van der Waals surface area contributed by atoms with E-state index in [9.17, 15) is 13.2 Å². The molecule has 0 atom stereocenters. The minimum Gasteiger partial charge on any atom is -0.448 e. The monoisotopic (exact) mass is 179 g/mol. The van der Waals surface area contributed by atoms with E-state index in [4.69, 9.17) is 5.41 Å². The molecule has 0 aromatic carbocycles. The summed E-state index contributed by atoms with van der Waals surface area (Å²) >= 11 is 0. The standard InChI is InChI=1S/C5H9NO4S/c1-2-11(8,9)5(7)10-4-3-6/h3,6H,2,4H2,1H3. The van der Waals surface area contributed by atoms with Gasteiger partial charge in [-0.15, -0.1) is 0 Å². The van der Waals surface area contributed by atoms with Gasteiger partial charge in [0.1, 0.15) is 6.61 Å². The summed E-state index contributed by atoms with van der Waals surface area (Å²) in [7, 11) is -3.73. The van der Waals surface area contributed by atoms with E-state index in [0.29, 0.717) is 0 Å². The van der Waals surface area contributed by atoms with Crippen molar-refractivity contribution in [2.75, 3.05) is 12.4 Å². The van der Waals surface area contributed by atoms with E-state index in [-0.39, 0.29) is 12.4 Å². The van der Waals surface area contributed by atoms with Gasteiger partial charge < -0.3 is 10.1 Å². The molecule has 0 aliphatic carbocycles. The molecule has 0 rings (SSSR count). The second kappa shape index (κ2) is 4.07. The van der Waals surface area contributed by atoms with Crippen molar-refractivity contribution in [3.8, 4) is 0 Å². The number of nitrogens with one attached hydrogen (secondary N) is 1. The molecule has 0 aliphatic rings. The maximum absolute atomic E-state index is 10.7. The van der Waals surface area contributed by atoms with Crippen LogP contribution in [0.5, 0.6) is 0 Å². The third-order valence-electron chi connectivity index (χ3n) is 0.918. The van der Waals surface area contributed by atoms with Crippen LogP contribution >= 0.6 is 0 Å². The Labute approximate surface area is 64.8 Å². The van der Waals surface area contributed by atoms with Crippen molar-refractivity contribution in [1.29, 1.82) is 5.41 Å². The van der Waals surface area contributed by atoms with E-state index in [1.807, 2.05) is 0 Å². The van der Waals surface area contributed by atoms with Crippen LogP contribution in [-0.2, 0) is 14.6 Å². The van der Waals surface area contributed by atoms with E-state index in [1.54, 1.807) is 0 Å². The molecule has 5 nitrogen and oxygen atoms in total. The zero-order valence-electron chi connectivity index (χ0n) is 6.03.